The first-order chi connectivity index (χ1) is 13.7. The SMILES string of the molecule is C=CCn1c(SCC(=O)N(CCC)C2=CCCCC2)nnc1-c1ccoc1C. The van der Waals surface area contributed by atoms with Gasteiger partial charge in [-0.2, -0.15) is 0 Å². The molecule has 150 valence electrons. The molecule has 0 saturated carbocycles. The summed E-state index contributed by atoms with van der Waals surface area (Å²) in [6.07, 6.45) is 11.1. The fourth-order valence-corrected chi connectivity index (χ4v) is 4.25. The zero-order valence-corrected chi connectivity index (χ0v) is 17.5. The van der Waals surface area contributed by atoms with Crippen molar-refractivity contribution in [1.29, 1.82) is 0 Å². The Kier molecular flexibility index (Phi) is 7.14. The lowest BCUT2D eigenvalue weighted by Crippen LogP contribution is -2.33. The number of amides is 1. The number of carbonyl (C=O) groups is 1. The fraction of sp³-hybridized carbons (Fsp3) is 0.476. The van der Waals surface area contributed by atoms with Crippen molar-refractivity contribution in [2.24, 2.45) is 0 Å². The first-order valence-electron chi connectivity index (χ1n) is 9.86. The lowest BCUT2D eigenvalue weighted by Gasteiger charge is -2.27. The largest absolute Gasteiger partial charge is 0.469 e. The molecule has 0 bridgehead atoms. The highest BCUT2D eigenvalue weighted by Gasteiger charge is 2.21. The van der Waals surface area contributed by atoms with Crippen molar-refractivity contribution in [1.82, 2.24) is 19.7 Å². The average Bonchev–Trinajstić information content (AvgIpc) is 3.31. The molecule has 0 aromatic carbocycles. The predicted octanol–water partition coefficient (Wildman–Crippen LogP) is 4.82. The van der Waals surface area contributed by atoms with Gasteiger partial charge in [-0.3, -0.25) is 9.36 Å². The first kappa shape index (κ1) is 20.5. The van der Waals surface area contributed by atoms with E-state index in [1.807, 2.05) is 28.5 Å². The summed E-state index contributed by atoms with van der Waals surface area (Å²) in [5.41, 5.74) is 2.09. The number of allylic oxidation sites excluding steroid dienone is 3. The number of aromatic nitrogens is 3. The van der Waals surface area contributed by atoms with Crippen molar-refractivity contribution in [3.05, 3.63) is 42.5 Å². The van der Waals surface area contributed by atoms with Crippen molar-refractivity contribution in [3.63, 3.8) is 0 Å². The third kappa shape index (κ3) is 4.58. The van der Waals surface area contributed by atoms with Crippen molar-refractivity contribution in [3.8, 4) is 11.4 Å². The van der Waals surface area contributed by atoms with Gasteiger partial charge in [0.25, 0.3) is 0 Å². The maximum absolute atomic E-state index is 12.9. The van der Waals surface area contributed by atoms with Crippen LogP contribution < -0.4 is 0 Å². The zero-order chi connectivity index (χ0) is 19.9. The van der Waals surface area contributed by atoms with Gasteiger partial charge in [0.2, 0.25) is 5.91 Å². The second-order valence-electron chi connectivity index (χ2n) is 6.87. The zero-order valence-electron chi connectivity index (χ0n) is 16.7. The molecule has 0 N–H and O–H groups in total. The Bertz CT molecular complexity index is 852. The molecule has 1 aliphatic carbocycles. The molecule has 28 heavy (non-hydrogen) atoms. The molecule has 2 heterocycles. The Morgan fingerprint density at radius 2 is 2.29 bits per heavy atom. The molecular weight excluding hydrogens is 372 g/mol. The van der Waals surface area contributed by atoms with Crippen LogP contribution in [0.4, 0.5) is 0 Å². The molecule has 1 amide bonds. The Labute approximate surface area is 170 Å². The summed E-state index contributed by atoms with van der Waals surface area (Å²) in [7, 11) is 0. The predicted molar refractivity (Wildman–Crippen MR) is 112 cm³/mol. The molecule has 2 aromatic rings. The smallest absolute Gasteiger partial charge is 0.237 e. The third-order valence-electron chi connectivity index (χ3n) is 4.81. The van der Waals surface area contributed by atoms with Crippen LogP contribution in [-0.4, -0.2) is 37.9 Å². The summed E-state index contributed by atoms with van der Waals surface area (Å²) < 4.78 is 7.38. The highest BCUT2D eigenvalue weighted by atomic mass is 32.2. The summed E-state index contributed by atoms with van der Waals surface area (Å²) in [5.74, 6) is 2.01. The van der Waals surface area contributed by atoms with E-state index in [2.05, 4.69) is 29.8 Å². The van der Waals surface area contributed by atoms with Gasteiger partial charge in [-0.15, -0.1) is 16.8 Å². The van der Waals surface area contributed by atoms with Gasteiger partial charge in [-0.25, -0.2) is 0 Å². The topological polar surface area (TPSA) is 64.2 Å². The summed E-state index contributed by atoms with van der Waals surface area (Å²) in [6.45, 7) is 9.19. The standard InChI is InChI=1S/C21H28N4O2S/c1-4-12-24(17-9-7-6-8-10-17)19(26)15-28-21-23-22-20(25(21)13-5-2)18-11-14-27-16(18)3/h5,9,11,14H,2,4,6-8,10,12-13,15H2,1,3H3. The molecule has 1 aliphatic rings. The summed E-state index contributed by atoms with van der Waals surface area (Å²) in [6, 6.07) is 1.89. The third-order valence-corrected chi connectivity index (χ3v) is 5.77. The average molecular weight is 401 g/mol. The van der Waals surface area contributed by atoms with Crippen LogP contribution >= 0.6 is 11.8 Å². The van der Waals surface area contributed by atoms with E-state index in [0.29, 0.717) is 12.3 Å². The van der Waals surface area contributed by atoms with E-state index in [-0.39, 0.29) is 5.91 Å². The van der Waals surface area contributed by atoms with Crippen LogP contribution in [0.15, 0.2) is 46.3 Å². The quantitative estimate of drug-likeness (QED) is 0.446. The minimum absolute atomic E-state index is 0.134. The van der Waals surface area contributed by atoms with Gasteiger partial charge in [-0.05, 0) is 45.1 Å². The first-order valence-corrected chi connectivity index (χ1v) is 10.8. The number of aryl methyl sites for hydroxylation is 1. The van der Waals surface area contributed by atoms with E-state index in [4.69, 9.17) is 4.42 Å². The van der Waals surface area contributed by atoms with Crippen molar-refractivity contribution in [2.45, 2.75) is 57.7 Å². The van der Waals surface area contributed by atoms with E-state index in [9.17, 15) is 4.79 Å². The normalized spacial score (nSPS) is 14.0. The number of carbonyl (C=O) groups excluding carboxylic acids is 1. The van der Waals surface area contributed by atoms with Gasteiger partial charge >= 0.3 is 0 Å². The molecule has 3 rings (SSSR count). The molecule has 6 nitrogen and oxygen atoms in total. The lowest BCUT2D eigenvalue weighted by molar-refractivity contribution is -0.126. The van der Waals surface area contributed by atoms with Crippen LogP contribution in [0.25, 0.3) is 11.4 Å². The Hall–Kier alpha value is -2.28. The van der Waals surface area contributed by atoms with E-state index in [0.717, 1.165) is 54.5 Å². The number of hydrogen-bond acceptors (Lipinski definition) is 5. The van der Waals surface area contributed by atoms with Gasteiger partial charge in [0, 0.05) is 18.8 Å². The van der Waals surface area contributed by atoms with E-state index < -0.39 is 0 Å². The molecule has 0 fully saturated rings. The second kappa shape index (κ2) is 9.78. The summed E-state index contributed by atoms with van der Waals surface area (Å²) >= 11 is 1.43. The number of hydrogen-bond donors (Lipinski definition) is 0. The summed E-state index contributed by atoms with van der Waals surface area (Å²) in [5, 5.41) is 9.38. The Morgan fingerprint density at radius 3 is 2.93 bits per heavy atom. The molecule has 0 radical (unpaired) electrons. The van der Waals surface area contributed by atoms with Crippen LogP contribution in [0.3, 0.4) is 0 Å². The lowest BCUT2D eigenvalue weighted by atomic mass is 10.0. The van der Waals surface area contributed by atoms with Crippen molar-refractivity contribution >= 4 is 17.7 Å². The molecular formula is C21H28N4O2S. The van der Waals surface area contributed by atoms with E-state index in [1.54, 1.807) is 6.26 Å². The van der Waals surface area contributed by atoms with Crippen LogP contribution in [0.1, 0.15) is 44.8 Å². The summed E-state index contributed by atoms with van der Waals surface area (Å²) in [4.78, 5) is 14.9. The fourth-order valence-electron chi connectivity index (χ4n) is 3.43. The van der Waals surface area contributed by atoms with Crippen LogP contribution in [0.2, 0.25) is 0 Å². The number of nitrogens with zero attached hydrogens (tertiary/aromatic N) is 4. The van der Waals surface area contributed by atoms with E-state index >= 15 is 0 Å². The molecule has 7 heteroatoms. The maximum atomic E-state index is 12.9. The van der Waals surface area contributed by atoms with Gasteiger partial charge in [0.05, 0.1) is 17.6 Å². The Morgan fingerprint density at radius 1 is 1.43 bits per heavy atom. The van der Waals surface area contributed by atoms with Crippen LogP contribution in [-0.2, 0) is 11.3 Å². The van der Waals surface area contributed by atoms with Crippen molar-refractivity contribution < 1.29 is 9.21 Å². The van der Waals surface area contributed by atoms with Gasteiger partial charge in [-0.1, -0.05) is 30.8 Å². The minimum atomic E-state index is 0.134. The highest BCUT2D eigenvalue weighted by molar-refractivity contribution is 7.99. The highest BCUT2D eigenvalue weighted by Crippen LogP contribution is 2.28. The molecule has 2 aromatic heterocycles. The van der Waals surface area contributed by atoms with Gasteiger partial charge < -0.3 is 9.32 Å². The molecule has 0 saturated heterocycles. The van der Waals surface area contributed by atoms with Crippen LogP contribution in [0.5, 0.6) is 0 Å². The van der Waals surface area contributed by atoms with Gasteiger partial charge in [0.1, 0.15) is 5.76 Å². The Balaban J connectivity index is 1.75. The second-order valence-corrected chi connectivity index (χ2v) is 7.81. The molecule has 0 atom stereocenters. The molecule has 0 spiro atoms. The van der Waals surface area contributed by atoms with E-state index in [1.165, 1.54) is 23.9 Å². The van der Waals surface area contributed by atoms with Gasteiger partial charge in [0.15, 0.2) is 11.0 Å². The molecule has 0 unspecified atom stereocenters. The molecule has 0 aliphatic heterocycles. The minimum Gasteiger partial charge on any atom is -0.469 e. The van der Waals surface area contributed by atoms with Crippen LogP contribution in [0, 0.1) is 6.92 Å². The monoisotopic (exact) mass is 400 g/mol. The number of furan rings is 1. The number of rotatable bonds is 9. The number of thioether (sulfide) groups is 1. The maximum Gasteiger partial charge on any atom is 0.237 e. The van der Waals surface area contributed by atoms with Crippen molar-refractivity contribution in [2.75, 3.05) is 12.3 Å².